The van der Waals surface area contributed by atoms with E-state index in [-0.39, 0.29) is 30.4 Å². The van der Waals surface area contributed by atoms with E-state index in [4.69, 9.17) is 0 Å². The van der Waals surface area contributed by atoms with E-state index < -0.39 is 11.6 Å². The van der Waals surface area contributed by atoms with E-state index in [0.29, 0.717) is 44.9 Å². The van der Waals surface area contributed by atoms with Crippen LogP contribution < -0.4 is 10.6 Å². The van der Waals surface area contributed by atoms with Crippen LogP contribution in [0.25, 0.3) is 0 Å². The Hall–Kier alpha value is -2.32. The minimum atomic E-state index is -0.820. The van der Waals surface area contributed by atoms with Crippen molar-refractivity contribution in [3.63, 3.8) is 0 Å². The Morgan fingerprint density at radius 3 is 2.23 bits per heavy atom. The molecule has 9 heteroatoms. The lowest BCUT2D eigenvalue weighted by atomic mass is 9.77. The summed E-state index contributed by atoms with van der Waals surface area (Å²) in [5.41, 5.74) is -0.820. The summed E-state index contributed by atoms with van der Waals surface area (Å²) >= 11 is 0. The molecule has 2 heterocycles. The summed E-state index contributed by atoms with van der Waals surface area (Å²) in [6.45, 7) is 3.70. The van der Waals surface area contributed by atoms with E-state index in [1.165, 1.54) is 6.42 Å². The molecule has 4 rings (SSSR count). The number of amides is 6. The molecule has 2 aliphatic heterocycles. The highest BCUT2D eigenvalue weighted by Gasteiger charge is 2.52. The maximum absolute atomic E-state index is 13.0. The lowest BCUT2D eigenvalue weighted by Crippen LogP contribution is -2.56. The Balaban J connectivity index is 1.26. The highest BCUT2D eigenvalue weighted by molar-refractivity contribution is 6.09. The van der Waals surface area contributed by atoms with Crippen molar-refractivity contribution in [1.82, 2.24) is 25.3 Å². The van der Waals surface area contributed by atoms with Gasteiger partial charge in [0.2, 0.25) is 5.91 Å². The van der Waals surface area contributed by atoms with Gasteiger partial charge in [-0.3, -0.25) is 14.5 Å². The van der Waals surface area contributed by atoms with E-state index >= 15 is 0 Å². The quantitative estimate of drug-likeness (QED) is 0.661. The molecule has 2 saturated carbocycles. The molecular formula is C22H35N5O4. The first kappa shape index (κ1) is 21.9. The van der Waals surface area contributed by atoms with Gasteiger partial charge in [-0.2, -0.15) is 0 Å². The van der Waals surface area contributed by atoms with E-state index in [2.05, 4.69) is 17.6 Å². The van der Waals surface area contributed by atoms with Crippen LogP contribution in [0.15, 0.2) is 0 Å². The lowest BCUT2D eigenvalue weighted by molar-refractivity contribution is -0.140. The van der Waals surface area contributed by atoms with Crippen molar-refractivity contribution in [3.8, 4) is 0 Å². The molecule has 31 heavy (non-hydrogen) atoms. The SMILES string of the molecule is CC1CCC2(CC1)NC(=O)N(CC(=O)N1CCN(C(=O)NC3CCCCC3)CC1)C2=O. The number of nitrogens with zero attached hydrogens (tertiary/aromatic N) is 3. The van der Waals surface area contributed by atoms with Crippen molar-refractivity contribution in [1.29, 1.82) is 0 Å². The fraction of sp³-hybridized carbons (Fsp3) is 0.818. The maximum Gasteiger partial charge on any atom is 0.325 e. The average Bonchev–Trinajstić information content (AvgIpc) is 3.00. The fourth-order valence-electron chi connectivity index (χ4n) is 5.32. The zero-order chi connectivity index (χ0) is 22.0. The molecule has 1 spiro atoms. The number of rotatable bonds is 3. The number of carbonyl (C=O) groups excluding carboxylic acids is 4. The molecule has 6 amide bonds. The second-order valence-electron chi connectivity index (χ2n) is 9.74. The smallest absolute Gasteiger partial charge is 0.325 e. The summed E-state index contributed by atoms with van der Waals surface area (Å²) < 4.78 is 0. The molecular weight excluding hydrogens is 398 g/mol. The normalized spacial score (nSPS) is 30.0. The fourth-order valence-corrected chi connectivity index (χ4v) is 5.32. The van der Waals surface area contributed by atoms with Crippen molar-refractivity contribution >= 4 is 23.9 Å². The maximum atomic E-state index is 13.0. The molecule has 172 valence electrons. The van der Waals surface area contributed by atoms with E-state index in [1.807, 2.05) is 0 Å². The van der Waals surface area contributed by atoms with E-state index in [9.17, 15) is 19.2 Å². The Bertz CT molecular complexity index is 719. The van der Waals surface area contributed by atoms with Gasteiger partial charge in [0.1, 0.15) is 12.1 Å². The molecule has 4 fully saturated rings. The van der Waals surface area contributed by atoms with Crippen molar-refractivity contribution in [2.45, 2.75) is 76.3 Å². The van der Waals surface area contributed by atoms with Crippen LogP contribution in [-0.2, 0) is 9.59 Å². The number of urea groups is 2. The van der Waals surface area contributed by atoms with Crippen molar-refractivity contribution in [3.05, 3.63) is 0 Å². The van der Waals surface area contributed by atoms with Crippen LogP contribution in [0, 0.1) is 5.92 Å². The zero-order valence-electron chi connectivity index (χ0n) is 18.5. The molecule has 0 bridgehead atoms. The van der Waals surface area contributed by atoms with Crippen molar-refractivity contribution < 1.29 is 19.2 Å². The summed E-state index contributed by atoms with van der Waals surface area (Å²) in [5, 5.41) is 5.98. The highest BCUT2D eigenvalue weighted by atomic mass is 16.2. The van der Waals surface area contributed by atoms with Gasteiger partial charge in [0.15, 0.2) is 0 Å². The van der Waals surface area contributed by atoms with Gasteiger partial charge in [-0.25, -0.2) is 9.59 Å². The van der Waals surface area contributed by atoms with Crippen molar-refractivity contribution in [2.75, 3.05) is 32.7 Å². The Morgan fingerprint density at radius 2 is 1.58 bits per heavy atom. The molecule has 2 aliphatic carbocycles. The molecule has 2 saturated heterocycles. The second kappa shape index (κ2) is 9.04. The number of hydrogen-bond acceptors (Lipinski definition) is 4. The van der Waals surface area contributed by atoms with Gasteiger partial charge in [-0.15, -0.1) is 0 Å². The highest BCUT2D eigenvalue weighted by Crippen LogP contribution is 2.36. The molecule has 0 unspecified atom stereocenters. The van der Waals surface area contributed by atoms with E-state index in [1.54, 1.807) is 9.80 Å². The Kier molecular flexibility index (Phi) is 6.39. The third-order valence-electron chi connectivity index (χ3n) is 7.52. The molecule has 0 aromatic carbocycles. The van der Waals surface area contributed by atoms with Crippen LogP contribution in [0.2, 0.25) is 0 Å². The number of hydrogen-bond donors (Lipinski definition) is 2. The Labute approximate surface area is 183 Å². The minimum Gasteiger partial charge on any atom is -0.338 e. The van der Waals surface area contributed by atoms with Crippen LogP contribution in [-0.4, -0.2) is 82.9 Å². The summed E-state index contributed by atoms with van der Waals surface area (Å²) in [6.07, 6.45) is 8.72. The molecule has 2 N–H and O–H groups in total. The van der Waals surface area contributed by atoms with Gasteiger partial charge >= 0.3 is 12.1 Å². The molecule has 0 radical (unpaired) electrons. The first-order valence-corrected chi connectivity index (χ1v) is 11.9. The number of piperazine rings is 1. The molecule has 4 aliphatic rings. The lowest BCUT2D eigenvalue weighted by Gasteiger charge is -2.36. The van der Waals surface area contributed by atoms with Crippen molar-refractivity contribution in [2.24, 2.45) is 5.92 Å². The molecule has 9 nitrogen and oxygen atoms in total. The van der Waals surface area contributed by atoms with Gasteiger partial charge in [0, 0.05) is 32.2 Å². The van der Waals surface area contributed by atoms with Gasteiger partial charge in [-0.1, -0.05) is 26.2 Å². The number of nitrogens with one attached hydrogen (secondary N) is 2. The predicted octanol–water partition coefficient (Wildman–Crippen LogP) is 1.67. The molecule has 0 aromatic rings. The van der Waals surface area contributed by atoms with Crippen LogP contribution in [0.5, 0.6) is 0 Å². The Morgan fingerprint density at radius 1 is 0.968 bits per heavy atom. The molecule has 0 atom stereocenters. The average molecular weight is 434 g/mol. The first-order valence-electron chi connectivity index (χ1n) is 11.9. The third kappa shape index (κ3) is 4.65. The summed E-state index contributed by atoms with van der Waals surface area (Å²) in [4.78, 5) is 55.2. The predicted molar refractivity (Wildman–Crippen MR) is 114 cm³/mol. The largest absolute Gasteiger partial charge is 0.338 e. The van der Waals surface area contributed by atoms with Crippen LogP contribution >= 0.6 is 0 Å². The summed E-state index contributed by atoms with van der Waals surface area (Å²) in [7, 11) is 0. The summed E-state index contributed by atoms with van der Waals surface area (Å²) in [5.74, 6) is 0.0536. The van der Waals surface area contributed by atoms with Crippen LogP contribution in [0.3, 0.4) is 0 Å². The number of imide groups is 1. The monoisotopic (exact) mass is 433 g/mol. The standard InChI is InChI=1S/C22H35N5O4/c1-16-7-9-22(10-8-16)19(29)27(21(31)24-22)15-18(28)25-11-13-26(14-12-25)20(30)23-17-5-3-2-4-6-17/h16-17H,2-15H2,1H3,(H,23,30)(H,24,31). The minimum absolute atomic E-state index is 0.0541. The van der Waals surface area contributed by atoms with E-state index in [0.717, 1.165) is 43.4 Å². The van der Waals surface area contributed by atoms with Gasteiger partial charge in [0.05, 0.1) is 0 Å². The van der Waals surface area contributed by atoms with Gasteiger partial charge in [-0.05, 0) is 44.4 Å². The van der Waals surface area contributed by atoms with Crippen LogP contribution in [0.1, 0.15) is 64.7 Å². The first-order chi connectivity index (χ1) is 14.9. The summed E-state index contributed by atoms with van der Waals surface area (Å²) in [6, 6.07) is -0.254. The number of carbonyl (C=O) groups is 4. The zero-order valence-corrected chi connectivity index (χ0v) is 18.5. The van der Waals surface area contributed by atoms with Crippen LogP contribution in [0.4, 0.5) is 9.59 Å². The molecule has 0 aromatic heterocycles. The van der Waals surface area contributed by atoms with Gasteiger partial charge in [0.25, 0.3) is 5.91 Å². The van der Waals surface area contributed by atoms with Gasteiger partial charge < -0.3 is 20.4 Å². The topological polar surface area (TPSA) is 102 Å². The third-order valence-corrected chi connectivity index (χ3v) is 7.52. The second-order valence-corrected chi connectivity index (χ2v) is 9.74.